The maximum Gasteiger partial charge on any atom is 0.329 e. The van der Waals surface area contributed by atoms with Gasteiger partial charge in [0.1, 0.15) is 5.54 Å². The van der Waals surface area contributed by atoms with E-state index in [0.29, 0.717) is 0 Å². The van der Waals surface area contributed by atoms with E-state index in [1.165, 1.54) is 33.3 Å². The zero-order chi connectivity index (χ0) is 11.8. The van der Waals surface area contributed by atoms with Gasteiger partial charge in [0, 0.05) is 19.4 Å². The van der Waals surface area contributed by atoms with Crippen LogP contribution in [0.25, 0.3) is 0 Å². The van der Waals surface area contributed by atoms with Gasteiger partial charge in [0.15, 0.2) is 0 Å². The van der Waals surface area contributed by atoms with Gasteiger partial charge >= 0.3 is 17.1 Å². The van der Waals surface area contributed by atoms with E-state index in [9.17, 15) is 14.4 Å². The van der Waals surface area contributed by atoms with E-state index in [2.05, 4.69) is 0 Å². The van der Waals surface area contributed by atoms with Crippen LogP contribution in [0.1, 0.15) is 13.8 Å². The molecule has 0 amide bonds. The fourth-order valence-corrected chi connectivity index (χ4v) is 1.10. The second kappa shape index (κ2) is 3.38. The van der Waals surface area contributed by atoms with Gasteiger partial charge in [-0.25, -0.2) is 4.79 Å². The smallest absolute Gasteiger partial charge is 0.329 e. The predicted octanol–water partition coefficient (Wildman–Crippen LogP) is -0.633. The summed E-state index contributed by atoms with van der Waals surface area (Å²) < 4.78 is 2.02. The van der Waals surface area contributed by atoms with Crippen molar-refractivity contribution in [2.75, 3.05) is 0 Å². The van der Waals surface area contributed by atoms with Crippen LogP contribution in [0, 0.1) is 0 Å². The summed E-state index contributed by atoms with van der Waals surface area (Å²) in [6.45, 7) is 2.71. The Bertz CT molecular complexity index is 510. The van der Waals surface area contributed by atoms with Crippen LogP contribution in [-0.4, -0.2) is 20.2 Å². The van der Waals surface area contributed by atoms with Crippen LogP contribution in [0.3, 0.4) is 0 Å². The van der Waals surface area contributed by atoms with Crippen LogP contribution in [-0.2, 0) is 17.4 Å². The number of aryl methyl sites for hydroxylation is 1. The van der Waals surface area contributed by atoms with E-state index in [1.807, 2.05) is 0 Å². The van der Waals surface area contributed by atoms with Gasteiger partial charge in [0.05, 0.1) is 0 Å². The zero-order valence-corrected chi connectivity index (χ0v) is 8.72. The predicted molar refractivity (Wildman–Crippen MR) is 52.9 cm³/mol. The van der Waals surface area contributed by atoms with Gasteiger partial charge in [-0.2, -0.15) is 0 Å². The third-order valence-corrected chi connectivity index (χ3v) is 2.29. The van der Waals surface area contributed by atoms with Gasteiger partial charge in [-0.05, 0) is 13.8 Å². The van der Waals surface area contributed by atoms with Crippen LogP contribution in [0.4, 0.5) is 0 Å². The Morgan fingerprint density at radius 2 is 1.80 bits per heavy atom. The molecule has 0 atom stereocenters. The molecule has 1 aromatic rings. The van der Waals surface area contributed by atoms with Gasteiger partial charge in [0.25, 0.3) is 0 Å². The highest BCUT2D eigenvalue weighted by Gasteiger charge is 2.30. The Hall–Kier alpha value is -1.85. The van der Waals surface area contributed by atoms with Crippen molar-refractivity contribution < 1.29 is 9.90 Å². The Kier molecular flexibility index (Phi) is 2.53. The minimum Gasteiger partial charge on any atom is -0.480 e. The van der Waals surface area contributed by atoms with Crippen molar-refractivity contribution in [3.8, 4) is 0 Å². The molecular formula is C9H12N2O4. The van der Waals surface area contributed by atoms with Crippen molar-refractivity contribution in [3.63, 3.8) is 0 Å². The van der Waals surface area contributed by atoms with E-state index in [0.717, 1.165) is 9.13 Å². The first-order valence-corrected chi connectivity index (χ1v) is 4.30. The Labute approximate surface area is 85.4 Å². The van der Waals surface area contributed by atoms with Gasteiger partial charge in [-0.1, -0.05) is 0 Å². The van der Waals surface area contributed by atoms with Crippen LogP contribution < -0.4 is 11.1 Å². The number of nitrogens with zero attached hydrogens (tertiary/aromatic N) is 2. The number of hydrogen-bond acceptors (Lipinski definition) is 3. The molecule has 0 aliphatic rings. The molecule has 1 N–H and O–H groups in total. The molecule has 0 bridgehead atoms. The Balaban J connectivity index is 3.55. The van der Waals surface area contributed by atoms with Crippen molar-refractivity contribution in [2.24, 2.45) is 7.05 Å². The second-order valence-corrected chi connectivity index (χ2v) is 3.75. The number of carboxylic acids is 1. The number of aromatic nitrogens is 2. The SMILES string of the molecule is Cn1ccn(C(C)(C)C(=O)O)c(=O)c1=O. The molecule has 0 aliphatic heterocycles. The minimum absolute atomic E-state index is 0.744. The average molecular weight is 212 g/mol. The van der Waals surface area contributed by atoms with Gasteiger partial charge < -0.3 is 9.67 Å². The summed E-state index contributed by atoms with van der Waals surface area (Å²) in [6.07, 6.45) is 2.65. The van der Waals surface area contributed by atoms with Crippen molar-refractivity contribution in [1.82, 2.24) is 9.13 Å². The summed E-state index contributed by atoms with van der Waals surface area (Å²) >= 11 is 0. The molecule has 6 nitrogen and oxygen atoms in total. The maximum atomic E-state index is 11.5. The lowest BCUT2D eigenvalue weighted by Crippen LogP contribution is -2.49. The molecule has 0 aromatic carbocycles. The van der Waals surface area contributed by atoms with E-state index >= 15 is 0 Å². The van der Waals surface area contributed by atoms with Crippen molar-refractivity contribution in [2.45, 2.75) is 19.4 Å². The first-order valence-electron chi connectivity index (χ1n) is 4.30. The molecular weight excluding hydrogens is 200 g/mol. The third-order valence-electron chi connectivity index (χ3n) is 2.29. The van der Waals surface area contributed by atoms with Crippen molar-refractivity contribution >= 4 is 5.97 Å². The molecule has 1 heterocycles. The molecule has 0 aliphatic carbocycles. The molecule has 1 rings (SSSR count). The second-order valence-electron chi connectivity index (χ2n) is 3.75. The normalized spacial score (nSPS) is 11.4. The first kappa shape index (κ1) is 11.2. The summed E-state index contributed by atoms with van der Waals surface area (Å²) in [6, 6.07) is 0. The molecule has 82 valence electrons. The van der Waals surface area contributed by atoms with Crippen molar-refractivity contribution in [1.29, 1.82) is 0 Å². The average Bonchev–Trinajstić information content (AvgIpc) is 2.13. The highest BCUT2D eigenvalue weighted by molar-refractivity contribution is 5.75. The number of carboxylic acid groups (broad SMARTS) is 1. The van der Waals surface area contributed by atoms with E-state index in [-0.39, 0.29) is 0 Å². The quantitative estimate of drug-likeness (QED) is 0.661. The summed E-state index contributed by atoms with van der Waals surface area (Å²) in [4.78, 5) is 33.7. The summed E-state index contributed by atoms with van der Waals surface area (Å²) in [5, 5.41) is 8.91. The lowest BCUT2D eigenvalue weighted by atomic mass is 10.1. The molecule has 0 fully saturated rings. The molecule has 1 aromatic heterocycles. The summed E-state index contributed by atoms with van der Waals surface area (Å²) in [5.41, 5.74) is -3.01. The van der Waals surface area contributed by atoms with Crippen LogP contribution in [0.2, 0.25) is 0 Å². The fourth-order valence-electron chi connectivity index (χ4n) is 1.10. The largest absolute Gasteiger partial charge is 0.480 e. The summed E-state index contributed by atoms with van der Waals surface area (Å²) in [5.74, 6) is -1.17. The third kappa shape index (κ3) is 1.70. The molecule has 0 unspecified atom stereocenters. The molecule has 6 heteroatoms. The van der Waals surface area contributed by atoms with E-state index < -0.39 is 22.6 Å². The minimum atomic E-state index is -1.43. The summed E-state index contributed by atoms with van der Waals surface area (Å²) in [7, 11) is 1.43. The topological polar surface area (TPSA) is 81.3 Å². The van der Waals surface area contributed by atoms with E-state index in [4.69, 9.17) is 5.11 Å². The maximum absolute atomic E-state index is 11.5. The molecule has 0 spiro atoms. The standard InChI is InChI=1S/C9H12N2O4/c1-9(2,8(14)15)11-5-4-10(3)6(12)7(11)13/h4-5H,1-3H3,(H,14,15). The molecule has 0 saturated carbocycles. The highest BCUT2D eigenvalue weighted by Crippen LogP contribution is 2.10. The lowest BCUT2D eigenvalue weighted by molar-refractivity contribution is -0.145. The van der Waals surface area contributed by atoms with Crippen LogP contribution in [0.5, 0.6) is 0 Å². The molecule has 15 heavy (non-hydrogen) atoms. The molecule has 0 radical (unpaired) electrons. The van der Waals surface area contributed by atoms with Gasteiger partial charge in [0.2, 0.25) is 0 Å². The number of carbonyl (C=O) groups is 1. The van der Waals surface area contributed by atoms with Gasteiger partial charge in [-0.3, -0.25) is 14.2 Å². The monoisotopic (exact) mass is 212 g/mol. The lowest BCUT2D eigenvalue weighted by Gasteiger charge is -2.21. The zero-order valence-electron chi connectivity index (χ0n) is 8.72. The Morgan fingerprint density at radius 1 is 1.27 bits per heavy atom. The van der Waals surface area contributed by atoms with Crippen LogP contribution >= 0.6 is 0 Å². The highest BCUT2D eigenvalue weighted by atomic mass is 16.4. The van der Waals surface area contributed by atoms with Crippen LogP contribution in [0.15, 0.2) is 22.0 Å². The number of aliphatic carboxylic acids is 1. The number of hydrogen-bond donors (Lipinski definition) is 1. The fraction of sp³-hybridized carbons (Fsp3) is 0.444. The molecule has 0 saturated heterocycles. The van der Waals surface area contributed by atoms with E-state index in [1.54, 1.807) is 0 Å². The van der Waals surface area contributed by atoms with Gasteiger partial charge in [-0.15, -0.1) is 0 Å². The number of rotatable bonds is 2. The first-order chi connectivity index (χ1) is 6.78. The Morgan fingerprint density at radius 3 is 2.27 bits per heavy atom. The van der Waals surface area contributed by atoms with Crippen molar-refractivity contribution in [3.05, 3.63) is 33.1 Å².